The summed E-state index contributed by atoms with van der Waals surface area (Å²) < 4.78 is 2.03. The first kappa shape index (κ1) is 11.2. The van der Waals surface area contributed by atoms with E-state index in [0.717, 1.165) is 29.7 Å². The Labute approximate surface area is 109 Å². The number of anilines is 1. The highest BCUT2D eigenvalue weighted by atomic mass is 32.2. The van der Waals surface area contributed by atoms with Gasteiger partial charge in [0.15, 0.2) is 5.16 Å². The number of aromatic nitrogens is 3. The summed E-state index contributed by atoms with van der Waals surface area (Å²) in [4.78, 5) is 11.4. The van der Waals surface area contributed by atoms with E-state index in [1.807, 2.05) is 28.6 Å². The maximum Gasteiger partial charge on any atom is 0.175 e. The molecule has 0 aromatic carbocycles. The molecular weight excluding hydrogens is 252 g/mol. The van der Waals surface area contributed by atoms with E-state index < -0.39 is 0 Å². The van der Waals surface area contributed by atoms with Crippen molar-refractivity contribution in [2.75, 3.05) is 35.8 Å². The average molecular weight is 266 g/mol. The number of rotatable bonds is 2. The van der Waals surface area contributed by atoms with Crippen molar-refractivity contribution in [3.8, 4) is 0 Å². The maximum absolute atomic E-state index is 4.72. The molecule has 0 radical (unpaired) electrons. The van der Waals surface area contributed by atoms with Crippen LogP contribution in [-0.2, 0) is 0 Å². The summed E-state index contributed by atoms with van der Waals surface area (Å²) in [6.45, 7) is 2.17. The molecule has 6 heteroatoms. The zero-order valence-corrected chi connectivity index (χ0v) is 11.3. The fourth-order valence-electron chi connectivity index (χ4n) is 1.98. The minimum absolute atomic E-state index is 0.984. The second-order valence-electron chi connectivity index (χ2n) is 3.86. The Bertz CT molecular complexity index is 519. The molecule has 0 unspecified atom stereocenters. The first-order valence-electron chi connectivity index (χ1n) is 5.59. The molecular formula is C11H14N4S2. The Morgan fingerprint density at radius 1 is 1.35 bits per heavy atom. The van der Waals surface area contributed by atoms with Crippen LogP contribution in [0.5, 0.6) is 0 Å². The van der Waals surface area contributed by atoms with Crippen LogP contribution in [0.25, 0.3) is 5.65 Å². The van der Waals surface area contributed by atoms with E-state index in [2.05, 4.69) is 22.2 Å². The molecule has 1 fully saturated rings. The summed E-state index contributed by atoms with van der Waals surface area (Å²) in [7, 11) is 0. The van der Waals surface area contributed by atoms with E-state index in [1.54, 1.807) is 11.8 Å². The molecule has 3 heterocycles. The zero-order valence-electron chi connectivity index (χ0n) is 9.67. The third kappa shape index (κ3) is 2.11. The zero-order chi connectivity index (χ0) is 11.7. The molecule has 0 saturated carbocycles. The van der Waals surface area contributed by atoms with Gasteiger partial charge < -0.3 is 4.90 Å². The first-order valence-corrected chi connectivity index (χ1v) is 7.97. The van der Waals surface area contributed by atoms with Crippen LogP contribution in [0.4, 0.5) is 5.82 Å². The highest BCUT2D eigenvalue weighted by Crippen LogP contribution is 2.22. The molecule has 90 valence electrons. The lowest BCUT2D eigenvalue weighted by Crippen LogP contribution is -2.33. The quantitative estimate of drug-likeness (QED) is 0.613. The van der Waals surface area contributed by atoms with Gasteiger partial charge in [-0.05, 0) is 6.26 Å². The number of thioether (sulfide) groups is 2. The Hall–Kier alpha value is -0.880. The molecule has 1 aliphatic heterocycles. The van der Waals surface area contributed by atoms with E-state index in [1.165, 1.54) is 11.5 Å². The Morgan fingerprint density at radius 3 is 2.94 bits per heavy atom. The topological polar surface area (TPSA) is 33.4 Å². The van der Waals surface area contributed by atoms with Crippen molar-refractivity contribution in [3.05, 3.63) is 18.5 Å². The monoisotopic (exact) mass is 266 g/mol. The van der Waals surface area contributed by atoms with Gasteiger partial charge >= 0.3 is 0 Å². The van der Waals surface area contributed by atoms with Crippen molar-refractivity contribution in [2.24, 2.45) is 0 Å². The minimum Gasteiger partial charge on any atom is -0.355 e. The van der Waals surface area contributed by atoms with Gasteiger partial charge in [-0.2, -0.15) is 11.8 Å². The summed E-state index contributed by atoms with van der Waals surface area (Å²) in [6, 6.07) is 2.08. The smallest absolute Gasteiger partial charge is 0.175 e. The standard InChI is InChI=1S/C11H14N4S2/c1-16-11-13-10(14-4-6-17-7-5-14)8-9-12-2-3-15(9)11/h2-3,8H,4-7H2,1H3. The molecule has 0 aliphatic carbocycles. The second kappa shape index (κ2) is 4.78. The largest absolute Gasteiger partial charge is 0.355 e. The van der Waals surface area contributed by atoms with Crippen LogP contribution < -0.4 is 4.90 Å². The fourth-order valence-corrected chi connectivity index (χ4v) is 3.42. The number of hydrogen-bond donors (Lipinski definition) is 0. The molecule has 1 saturated heterocycles. The molecule has 2 aromatic heterocycles. The van der Waals surface area contributed by atoms with Crippen LogP contribution in [0, 0.1) is 0 Å². The first-order chi connectivity index (χ1) is 8.38. The van der Waals surface area contributed by atoms with Gasteiger partial charge in [0.05, 0.1) is 0 Å². The van der Waals surface area contributed by atoms with Gasteiger partial charge in [0.2, 0.25) is 0 Å². The summed E-state index contributed by atoms with van der Waals surface area (Å²) in [5, 5.41) is 1.01. The predicted octanol–water partition coefficient (Wildman–Crippen LogP) is 2.00. The predicted molar refractivity (Wildman–Crippen MR) is 74.3 cm³/mol. The van der Waals surface area contributed by atoms with Crippen molar-refractivity contribution in [3.63, 3.8) is 0 Å². The number of hydrogen-bond acceptors (Lipinski definition) is 5. The second-order valence-corrected chi connectivity index (χ2v) is 5.85. The highest BCUT2D eigenvalue weighted by Gasteiger charge is 2.14. The van der Waals surface area contributed by atoms with Gasteiger partial charge in [-0.3, -0.25) is 4.40 Å². The lowest BCUT2D eigenvalue weighted by Gasteiger charge is -2.27. The molecule has 2 aromatic rings. The third-order valence-corrected chi connectivity index (χ3v) is 4.46. The summed E-state index contributed by atoms with van der Waals surface area (Å²) >= 11 is 3.67. The summed E-state index contributed by atoms with van der Waals surface area (Å²) in [6.07, 6.45) is 5.84. The van der Waals surface area contributed by atoms with Gasteiger partial charge in [-0.15, -0.1) is 0 Å². The molecule has 0 amide bonds. The number of nitrogens with zero attached hydrogens (tertiary/aromatic N) is 4. The van der Waals surface area contributed by atoms with Crippen LogP contribution in [0.15, 0.2) is 23.6 Å². The molecule has 3 rings (SSSR count). The maximum atomic E-state index is 4.72. The van der Waals surface area contributed by atoms with Crippen molar-refractivity contribution < 1.29 is 0 Å². The summed E-state index contributed by atoms with van der Waals surface area (Å²) in [5.74, 6) is 3.44. The van der Waals surface area contributed by atoms with Gasteiger partial charge in [-0.25, -0.2) is 9.97 Å². The number of fused-ring (bicyclic) bond motifs is 1. The fraction of sp³-hybridized carbons (Fsp3) is 0.455. The number of imidazole rings is 1. The highest BCUT2D eigenvalue weighted by molar-refractivity contribution is 7.99. The van der Waals surface area contributed by atoms with E-state index in [9.17, 15) is 0 Å². The molecule has 0 spiro atoms. The normalized spacial score (nSPS) is 16.6. The van der Waals surface area contributed by atoms with E-state index in [4.69, 9.17) is 4.98 Å². The van der Waals surface area contributed by atoms with Crippen LogP contribution in [0.3, 0.4) is 0 Å². The molecule has 0 atom stereocenters. The van der Waals surface area contributed by atoms with Crippen LogP contribution in [-0.4, -0.2) is 45.2 Å². The van der Waals surface area contributed by atoms with Crippen LogP contribution in [0.1, 0.15) is 0 Å². The lowest BCUT2D eigenvalue weighted by molar-refractivity contribution is 0.804. The van der Waals surface area contributed by atoms with E-state index >= 15 is 0 Å². The third-order valence-electron chi connectivity index (χ3n) is 2.86. The lowest BCUT2D eigenvalue weighted by atomic mass is 10.4. The average Bonchev–Trinajstić information content (AvgIpc) is 2.86. The molecule has 1 aliphatic rings. The van der Waals surface area contributed by atoms with Crippen molar-refractivity contribution >= 4 is 35.0 Å². The van der Waals surface area contributed by atoms with Gasteiger partial charge in [0, 0.05) is 43.1 Å². The van der Waals surface area contributed by atoms with Crippen molar-refractivity contribution in [2.45, 2.75) is 5.16 Å². The van der Waals surface area contributed by atoms with E-state index in [-0.39, 0.29) is 0 Å². The Kier molecular flexibility index (Phi) is 3.15. The molecule has 17 heavy (non-hydrogen) atoms. The van der Waals surface area contributed by atoms with Crippen molar-refractivity contribution in [1.29, 1.82) is 0 Å². The molecule has 0 bridgehead atoms. The van der Waals surface area contributed by atoms with Crippen LogP contribution in [0.2, 0.25) is 0 Å². The van der Waals surface area contributed by atoms with E-state index in [0.29, 0.717) is 0 Å². The Balaban J connectivity index is 2.03. The van der Waals surface area contributed by atoms with Crippen LogP contribution >= 0.6 is 23.5 Å². The van der Waals surface area contributed by atoms with Gasteiger partial charge in [0.1, 0.15) is 11.5 Å². The van der Waals surface area contributed by atoms with Crippen molar-refractivity contribution in [1.82, 2.24) is 14.4 Å². The molecule has 0 N–H and O–H groups in total. The van der Waals surface area contributed by atoms with Gasteiger partial charge in [-0.1, -0.05) is 11.8 Å². The Morgan fingerprint density at radius 2 is 2.18 bits per heavy atom. The summed E-state index contributed by atoms with van der Waals surface area (Å²) in [5.41, 5.74) is 0.984. The SMILES string of the molecule is CSc1nc(N2CCSCC2)cc2nccn12. The molecule has 4 nitrogen and oxygen atoms in total. The van der Waals surface area contributed by atoms with Gasteiger partial charge in [0.25, 0.3) is 0 Å². The minimum atomic E-state index is 0.984.